The minimum absolute atomic E-state index is 0.155. The summed E-state index contributed by atoms with van der Waals surface area (Å²) in [4.78, 5) is 49.7. The maximum absolute atomic E-state index is 14.0. The number of hydrogen-bond donors (Lipinski definition) is 3. The molecule has 5 heterocycles. The number of alkyl halides is 6. The van der Waals surface area contributed by atoms with E-state index >= 15 is 0 Å². The monoisotopic (exact) mass is 744 g/mol. The fourth-order valence-electron chi connectivity index (χ4n) is 7.50. The summed E-state index contributed by atoms with van der Waals surface area (Å²) in [6, 6.07) is 0.738. The predicted molar refractivity (Wildman–Crippen MR) is 179 cm³/mol. The number of benzene rings is 1. The molecule has 18 heteroatoms. The third-order valence-electron chi connectivity index (χ3n) is 10.5. The topological polar surface area (TPSA) is 117 Å². The van der Waals surface area contributed by atoms with Crippen LogP contribution in [0.1, 0.15) is 47.9 Å². The summed E-state index contributed by atoms with van der Waals surface area (Å²) in [6.07, 6.45) is -8.79. The molecule has 4 aliphatic heterocycles. The summed E-state index contributed by atoms with van der Waals surface area (Å²) >= 11 is 1.44. The van der Waals surface area contributed by atoms with E-state index in [4.69, 9.17) is 5.73 Å². The molecule has 0 bridgehead atoms. The third kappa shape index (κ3) is 8.32. The van der Waals surface area contributed by atoms with E-state index in [0.717, 1.165) is 36.7 Å². The Morgan fingerprint density at radius 3 is 2.06 bits per heavy atom. The van der Waals surface area contributed by atoms with Gasteiger partial charge in [-0.3, -0.25) is 15.0 Å². The van der Waals surface area contributed by atoms with Gasteiger partial charge in [-0.25, -0.2) is 9.59 Å². The van der Waals surface area contributed by atoms with Gasteiger partial charge in [-0.15, -0.1) is 11.3 Å². The summed E-state index contributed by atoms with van der Waals surface area (Å²) in [5, 5.41) is 8.23. The standard InChI is InChI=1S/C33H42F6N8O3S/c1-43-11-13-44(14-12-43)22-2-7-45(8-3-22)29(48)26(18-20-16-24(32(34,35)36)27(40)25(17-20)33(37,38)39)41-30(49)46-9-4-23(5-10-46)47-19-21-6-15-51-28(21)42-31(47)50/h6,15-17,22-23,26H,2-5,7-14,18-19,40H2,1H3,(H,41,49)(H,42,50)/t26-/m1/s1. The number of hydrogen-bond acceptors (Lipinski definition) is 7. The van der Waals surface area contributed by atoms with Crippen LogP contribution in [0.25, 0.3) is 0 Å². The summed E-state index contributed by atoms with van der Waals surface area (Å²) < 4.78 is 83.2. The van der Waals surface area contributed by atoms with E-state index < -0.39 is 59.1 Å². The Balaban J connectivity index is 1.17. The third-order valence-corrected chi connectivity index (χ3v) is 11.4. The first-order valence-electron chi connectivity index (χ1n) is 17.1. The minimum Gasteiger partial charge on any atom is -0.398 e. The van der Waals surface area contributed by atoms with Crippen LogP contribution in [-0.2, 0) is 30.1 Å². The number of piperazine rings is 1. The number of likely N-dealkylation sites (tertiary alicyclic amines) is 2. The minimum atomic E-state index is -5.19. The van der Waals surface area contributed by atoms with Crippen LogP contribution in [0.4, 0.5) is 46.6 Å². The maximum Gasteiger partial charge on any atom is 0.418 e. The molecule has 6 rings (SSSR count). The molecule has 0 saturated carbocycles. The average molecular weight is 745 g/mol. The van der Waals surface area contributed by atoms with E-state index in [1.54, 1.807) is 4.90 Å². The van der Waals surface area contributed by atoms with Crippen molar-refractivity contribution in [3.05, 3.63) is 45.8 Å². The average Bonchev–Trinajstić information content (AvgIpc) is 3.54. The fraction of sp³-hybridized carbons (Fsp3) is 0.606. The molecule has 3 fully saturated rings. The zero-order chi connectivity index (χ0) is 36.7. The van der Waals surface area contributed by atoms with Crippen LogP contribution in [0.2, 0.25) is 0 Å². The smallest absolute Gasteiger partial charge is 0.398 e. The highest BCUT2D eigenvalue weighted by Gasteiger charge is 2.42. The second kappa shape index (κ2) is 14.7. The predicted octanol–water partition coefficient (Wildman–Crippen LogP) is 4.74. The van der Waals surface area contributed by atoms with Crippen molar-refractivity contribution in [2.75, 3.05) is 70.5 Å². The van der Waals surface area contributed by atoms with Gasteiger partial charge in [-0.2, -0.15) is 26.3 Å². The maximum atomic E-state index is 14.0. The molecule has 51 heavy (non-hydrogen) atoms. The lowest BCUT2D eigenvalue weighted by molar-refractivity contribution is -0.141. The van der Waals surface area contributed by atoms with Gasteiger partial charge >= 0.3 is 24.4 Å². The molecule has 5 amide bonds. The SMILES string of the molecule is CN1CCN(C2CCN(C(=O)[C@@H](Cc3cc(C(F)(F)F)c(N)c(C(F)(F)F)c3)NC(=O)N3CCC(N4Cc5ccsc5NC4=O)CC3)CC2)CC1. The molecular weight excluding hydrogens is 702 g/mol. The Morgan fingerprint density at radius 1 is 0.902 bits per heavy atom. The Bertz CT molecular complexity index is 1560. The molecule has 1 aromatic carbocycles. The van der Waals surface area contributed by atoms with Crippen LogP contribution in [0.15, 0.2) is 23.6 Å². The van der Waals surface area contributed by atoms with Crippen molar-refractivity contribution in [3.63, 3.8) is 0 Å². The van der Waals surface area contributed by atoms with Crippen molar-refractivity contribution in [1.29, 1.82) is 0 Å². The van der Waals surface area contributed by atoms with Crippen LogP contribution in [-0.4, -0.2) is 120 Å². The number of thiophene rings is 1. The van der Waals surface area contributed by atoms with Gasteiger partial charge in [0, 0.05) is 76.4 Å². The molecule has 11 nitrogen and oxygen atoms in total. The number of anilines is 2. The Morgan fingerprint density at radius 2 is 1.47 bits per heavy atom. The van der Waals surface area contributed by atoms with Gasteiger partial charge < -0.3 is 30.7 Å². The normalized spacial score (nSPS) is 21.0. The second-order valence-corrected chi connectivity index (χ2v) is 14.7. The van der Waals surface area contributed by atoms with Crippen molar-refractivity contribution in [2.24, 2.45) is 0 Å². The molecular formula is C33H42F6N8O3S. The zero-order valence-corrected chi connectivity index (χ0v) is 29.0. The van der Waals surface area contributed by atoms with E-state index in [-0.39, 0.29) is 31.2 Å². The first-order valence-corrected chi connectivity index (χ1v) is 17.9. The van der Waals surface area contributed by atoms with Crippen LogP contribution < -0.4 is 16.4 Å². The number of piperidine rings is 2. The number of carbonyl (C=O) groups is 3. The van der Waals surface area contributed by atoms with Gasteiger partial charge in [0.25, 0.3) is 0 Å². The van der Waals surface area contributed by atoms with Gasteiger partial charge in [-0.1, -0.05) is 0 Å². The van der Waals surface area contributed by atoms with Crippen molar-refractivity contribution in [1.82, 2.24) is 29.8 Å². The lowest BCUT2D eigenvalue weighted by atomic mass is 9.96. The number of carbonyl (C=O) groups excluding carboxylic acids is 3. The summed E-state index contributed by atoms with van der Waals surface area (Å²) in [5.74, 6) is -0.578. The molecule has 1 atom stereocenters. The zero-order valence-electron chi connectivity index (χ0n) is 28.2. The van der Waals surface area contributed by atoms with Gasteiger partial charge in [0.1, 0.15) is 11.0 Å². The van der Waals surface area contributed by atoms with Crippen LogP contribution in [0, 0.1) is 0 Å². The van der Waals surface area contributed by atoms with E-state index in [1.165, 1.54) is 21.1 Å². The number of nitrogens with one attached hydrogen (secondary N) is 2. The highest BCUT2D eigenvalue weighted by Crippen LogP contribution is 2.42. The molecule has 0 aliphatic carbocycles. The molecule has 0 radical (unpaired) electrons. The van der Waals surface area contributed by atoms with Gasteiger partial charge in [0.2, 0.25) is 5.91 Å². The van der Waals surface area contributed by atoms with Crippen molar-refractivity contribution in [3.8, 4) is 0 Å². The quantitative estimate of drug-likeness (QED) is 0.291. The van der Waals surface area contributed by atoms with Crippen molar-refractivity contribution < 1.29 is 40.7 Å². The number of amides is 5. The Kier molecular flexibility index (Phi) is 10.7. The molecule has 2 aromatic rings. The molecule has 0 unspecified atom stereocenters. The highest BCUT2D eigenvalue weighted by atomic mass is 32.1. The van der Waals surface area contributed by atoms with Crippen molar-refractivity contribution in [2.45, 2.75) is 69.1 Å². The highest BCUT2D eigenvalue weighted by molar-refractivity contribution is 7.14. The Labute approximate surface area is 295 Å². The summed E-state index contributed by atoms with van der Waals surface area (Å²) in [7, 11) is 2.05. The summed E-state index contributed by atoms with van der Waals surface area (Å²) in [5.41, 5.74) is 1.16. The number of fused-ring (bicyclic) bond motifs is 1. The number of nitrogens with zero attached hydrogens (tertiary/aromatic N) is 5. The largest absolute Gasteiger partial charge is 0.418 e. The number of nitrogen functional groups attached to an aromatic ring is 1. The first kappa shape index (κ1) is 37.0. The molecule has 4 aliphatic rings. The second-order valence-electron chi connectivity index (χ2n) is 13.8. The van der Waals surface area contributed by atoms with E-state index in [1.807, 2.05) is 11.4 Å². The Hall–Kier alpha value is -3.77. The lowest BCUT2D eigenvalue weighted by Crippen LogP contribution is -2.58. The van der Waals surface area contributed by atoms with Crippen LogP contribution in [0.3, 0.4) is 0 Å². The van der Waals surface area contributed by atoms with Gasteiger partial charge in [0.15, 0.2) is 0 Å². The lowest BCUT2D eigenvalue weighted by Gasteiger charge is -2.43. The van der Waals surface area contributed by atoms with Gasteiger partial charge in [-0.05, 0) is 61.9 Å². The summed E-state index contributed by atoms with van der Waals surface area (Å²) in [6.45, 7) is 5.19. The molecule has 280 valence electrons. The number of rotatable bonds is 6. The first-order chi connectivity index (χ1) is 24.1. The number of urea groups is 2. The van der Waals surface area contributed by atoms with E-state index in [0.29, 0.717) is 57.5 Å². The molecule has 4 N–H and O–H groups in total. The van der Waals surface area contributed by atoms with Crippen LogP contribution in [0.5, 0.6) is 0 Å². The molecule has 3 saturated heterocycles. The van der Waals surface area contributed by atoms with Crippen molar-refractivity contribution >= 4 is 40.0 Å². The number of nitrogens with two attached hydrogens (primary N) is 1. The van der Waals surface area contributed by atoms with E-state index in [2.05, 4.69) is 27.5 Å². The van der Waals surface area contributed by atoms with Gasteiger partial charge in [0.05, 0.1) is 23.4 Å². The fourth-order valence-corrected chi connectivity index (χ4v) is 8.30. The molecule has 0 spiro atoms. The number of likely N-dealkylation sites (N-methyl/N-ethyl adjacent to an activating group) is 1. The van der Waals surface area contributed by atoms with E-state index in [9.17, 15) is 40.7 Å². The van der Waals surface area contributed by atoms with Crippen LogP contribution >= 0.6 is 11.3 Å². The number of halogens is 6. The molecule has 1 aromatic heterocycles.